The van der Waals surface area contributed by atoms with E-state index in [2.05, 4.69) is 17.2 Å². The molecule has 94 valence electrons. The third-order valence-electron chi connectivity index (χ3n) is 2.64. The summed E-state index contributed by atoms with van der Waals surface area (Å²) in [5, 5.41) is 3.85. The molecule has 1 aromatic heterocycles. The fourth-order valence-electron chi connectivity index (χ4n) is 1.62. The van der Waals surface area contributed by atoms with Gasteiger partial charge in [-0.2, -0.15) is 0 Å². The zero-order chi connectivity index (χ0) is 12.1. The predicted octanol–water partition coefficient (Wildman–Crippen LogP) is 1.25. The van der Waals surface area contributed by atoms with Crippen LogP contribution in [0.1, 0.15) is 16.8 Å². The number of morpholine rings is 1. The number of hydrogen-bond acceptors (Lipinski definition) is 4. The number of hydrogen-bond donors (Lipinski definition) is 1. The molecular weight excluding hydrogens is 238 g/mol. The molecule has 0 unspecified atom stereocenters. The van der Waals surface area contributed by atoms with Crippen LogP contribution in [0.25, 0.3) is 0 Å². The van der Waals surface area contributed by atoms with E-state index in [1.54, 1.807) is 16.2 Å². The van der Waals surface area contributed by atoms with E-state index in [9.17, 15) is 4.79 Å². The van der Waals surface area contributed by atoms with E-state index in [4.69, 9.17) is 4.74 Å². The number of urea groups is 1. The molecular formula is C11H17N3O2S. The molecule has 1 N–H and O–H groups in total. The van der Waals surface area contributed by atoms with Gasteiger partial charge in [0.05, 0.1) is 19.8 Å². The quantitative estimate of drug-likeness (QED) is 0.884. The molecule has 0 radical (unpaired) electrons. The summed E-state index contributed by atoms with van der Waals surface area (Å²) >= 11 is 1.65. The van der Waals surface area contributed by atoms with Crippen LogP contribution in [-0.4, -0.2) is 42.2 Å². The van der Waals surface area contributed by atoms with Gasteiger partial charge in [0, 0.05) is 24.2 Å². The molecule has 0 spiro atoms. The molecule has 17 heavy (non-hydrogen) atoms. The molecule has 5 nitrogen and oxygen atoms in total. The highest BCUT2D eigenvalue weighted by atomic mass is 32.1. The van der Waals surface area contributed by atoms with E-state index in [-0.39, 0.29) is 6.03 Å². The first-order chi connectivity index (χ1) is 8.29. The van der Waals surface area contributed by atoms with Crippen LogP contribution in [-0.2, 0) is 17.7 Å². The summed E-state index contributed by atoms with van der Waals surface area (Å²) in [6.07, 6.45) is 2.87. The Morgan fingerprint density at radius 1 is 1.59 bits per heavy atom. The van der Waals surface area contributed by atoms with Crippen molar-refractivity contribution in [3.63, 3.8) is 0 Å². The summed E-state index contributed by atoms with van der Waals surface area (Å²) < 4.78 is 5.20. The maximum Gasteiger partial charge on any atom is 0.317 e. The minimum absolute atomic E-state index is 0.0263. The van der Waals surface area contributed by atoms with Crippen molar-refractivity contribution in [1.29, 1.82) is 0 Å². The number of nitrogens with zero attached hydrogens (tertiary/aromatic N) is 2. The molecule has 0 atom stereocenters. The Kier molecular flexibility index (Phi) is 4.33. The van der Waals surface area contributed by atoms with Crippen molar-refractivity contribution in [3.8, 4) is 0 Å². The number of ether oxygens (including phenoxy) is 1. The van der Waals surface area contributed by atoms with Gasteiger partial charge in [0.15, 0.2) is 0 Å². The average Bonchev–Trinajstić information content (AvgIpc) is 2.85. The van der Waals surface area contributed by atoms with Crippen molar-refractivity contribution in [2.45, 2.75) is 19.9 Å². The Bertz CT molecular complexity index is 375. The van der Waals surface area contributed by atoms with Crippen molar-refractivity contribution in [3.05, 3.63) is 16.1 Å². The average molecular weight is 255 g/mol. The Morgan fingerprint density at radius 3 is 3.00 bits per heavy atom. The summed E-state index contributed by atoms with van der Waals surface area (Å²) in [6.45, 7) is 5.22. The lowest BCUT2D eigenvalue weighted by molar-refractivity contribution is 0.0531. The standard InChI is InChI=1S/C11H17N3O2S/c1-2-9-7-12-10(17-9)8-13-11(15)14-3-5-16-6-4-14/h7H,2-6,8H2,1H3,(H,13,15). The molecule has 2 rings (SSSR count). The fraction of sp³-hybridized carbons (Fsp3) is 0.636. The number of rotatable bonds is 3. The molecule has 0 bridgehead atoms. The van der Waals surface area contributed by atoms with Gasteiger partial charge in [0.1, 0.15) is 5.01 Å². The van der Waals surface area contributed by atoms with Crippen LogP contribution in [0.2, 0.25) is 0 Å². The SMILES string of the molecule is CCc1cnc(CNC(=O)N2CCOCC2)s1. The van der Waals surface area contributed by atoms with Crippen LogP contribution in [0.5, 0.6) is 0 Å². The lowest BCUT2D eigenvalue weighted by Crippen LogP contribution is -2.45. The molecule has 1 aliphatic heterocycles. The van der Waals surface area contributed by atoms with Crippen molar-refractivity contribution < 1.29 is 9.53 Å². The van der Waals surface area contributed by atoms with Gasteiger partial charge in [-0.05, 0) is 6.42 Å². The molecule has 1 saturated heterocycles. The highest BCUT2D eigenvalue weighted by Gasteiger charge is 2.16. The van der Waals surface area contributed by atoms with Crippen molar-refractivity contribution >= 4 is 17.4 Å². The van der Waals surface area contributed by atoms with E-state index in [1.807, 2.05) is 6.20 Å². The highest BCUT2D eigenvalue weighted by Crippen LogP contribution is 2.12. The molecule has 2 heterocycles. The molecule has 1 aliphatic rings. The zero-order valence-electron chi connectivity index (χ0n) is 9.94. The molecule has 1 aromatic rings. The third kappa shape index (κ3) is 3.41. The minimum atomic E-state index is -0.0263. The van der Waals surface area contributed by atoms with Gasteiger partial charge >= 0.3 is 6.03 Å². The molecule has 0 aromatic carbocycles. The van der Waals surface area contributed by atoms with E-state index < -0.39 is 0 Å². The maximum absolute atomic E-state index is 11.8. The summed E-state index contributed by atoms with van der Waals surface area (Å²) in [7, 11) is 0. The van der Waals surface area contributed by atoms with Crippen molar-refractivity contribution in [2.24, 2.45) is 0 Å². The molecule has 0 saturated carbocycles. The van der Waals surface area contributed by atoms with Crippen molar-refractivity contribution in [1.82, 2.24) is 15.2 Å². The van der Waals surface area contributed by atoms with Gasteiger partial charge in [-0.15, -0.1) is 11.3 Å². The van der Waals surface area contributed by atoms with E-state index in [0.717, 1.165) is 11.4 Å². The number of carbonyl (C=O) groups is 1. The van der Waals surface area contributed by atoms with E-state index in [0.29, 0.717) is 32.8 Å². The zero-order valence-corrected chi connectivity index (χ0v) is 10.8. The maximum atomic E-state index is 11.8. The summed E-state index contributed by atoms with van der Waals surface area (Å²) in [6, 6.07) is -0.0263. The third-order valence-corrected chi connectivity index (χ3v) is 3.78. The van der Waals surface area contributed by atoms with Gasteiger partial charge in [-0.25, -0.2) is 9.78 Å². The fourth-order valence-corrected chi connectivity index (χ4v) is 2.42. The smallest absolute Gasteiger partial charge is 0.317 e. The Labute approximate surface area is 105 Å². The van der Waals surface area contributed by atoms with Crippen LogP contribution in [0.3, 0.4) is 0 Å². The minimum Gasteiger partial charge on any atom is -0.378 e. The second-order valence-corrected chi connectivity index (χ2v) is 5.03. The summed E-state index contributed by atoms with van der Waals surface area (Å²) in [5.74, 6) is 0. The van der Waals surface area contributed by atoms with Crippen LogP contribution in [0.4, 0.5) is 4.79 Å². The second-order valence-electron chi connectivity index (χ2n) is 3.83. The first kappa shape index (κ1) is 12.3. The normalized spacial score (nSPS) is 15.9. The number of carbonyl (C=O) groups excluding carboxylic acids is 1. The van der Waals surface area contributed by atoms with E-state index >= 15 is 0 Å². The van der Waals surface area contributed by atoms with Crippen LogP contribution in [0.15, 0.2) is 6.20 Å². The van der Waals surface area contributed by atoms with Gasteiger partial charge in [-0.1, -0.05) is 6.92 Å². The first-order valence-electron chi connectivity index (χ1n) is 5.83. The van der Waals surface area contributed by atoms with Gasteiger partial charge < -0.3 is 15.0 Å². The number of nitrogens with one attached hydrogen (secondary N) is 1. The topological polar surface area (TPSA) is 54.5 Å². The number of thiazole rings is 1. The summed E-state index contributed by atoms with van der Waals surface area (Å²) in [4.78, 5) is 19.1. The number of aryl methyl sites for hydroxylation is 1. The van der Waals surface area contributed by atoms with Crippen LogP contribution in [0, 0.1) is 0 Å². The summed E-state index contributed by atoms with van der Waals surface area (Å²) in [5.41, 5.74) is 0. The Balaban J connectivity index is 1.78. The predicted molar refractivity (Wildman–Crippen MR) is 66.1 cm³/mol. The lowest BCUT2D eigenvalue weighted by atomic mass is 10.4. The molecule has 0 aliphatic carbocycles. The van der Waals surface area contributed by atoms with E-state index in [1.165, 1.54) is 4.88 Å². The molecule has 1 fully saturated rings. The van der Waals surface area contributed by atoms with Crippen LogP contribution < -0.4 is 5.32 Å². The van der Waals surface area contributed by atoms with Crippen molar-refractivity contribution in [2.75, 3.05) is 26.3 Å². The first-order valence-corrected chi connectivity index (χ1v) is 6.65. The van der Waals surface area contributed by atoms with Gasteiger partial charge in [0.2, 0.25) is 0 Å². The highest BCUT2D eigenvalue weighted by molar-refractivity contribution is 7.11. The monoisotopic (exact) mass is 255 g/mol. The second kappa shape index (κ2) is 5.97. The van der Waals surface area contributed by atoms with Gasteiger partial charge in [0.25, 0.3) is 0 Å². The lowest BCUT2D eigenvalue weighted by Gasteiger charge is -2.26. The largest absolute Gasteiger partial charge is 0.378 e. The Hall–Kier alpha value is -1.14. The molecule has 2 amide bonds. The van der Waals surface area contributed by atoms with Crippen LogP contribution >= 0.6 is 11.3 Å². The number of amides is 2. The Morgan fingerprint density at radius 2 is 2.35 bits per heavy atom. The van der Waals surface area contributed by atoms with Gasteiger partial charge in [-0.3, -0.25) is 0 Å². The molecule has 6 heteroatoms. The number of aromatic nitrogens is 1.